The first kappa shape index (κ1) is 34.3. The molecule has 4 heterocycles. The summed E-state index contributed by atoms with van der Waals surface area (Å²) in [5, 5.41) is 0. The smallest absolute Gasteiger partial charge is 0.133 e. The fraction of sp³-hybridized carbons (Fsp3) is 0.667. The summed E-state index contributed by atoms with van der Waals surface area (Å²) in [4.78, 5) is 30.7. The van der Waals surface area contributed by atoms with Gasteiger partial charge in [0.05, 0.1) is 0 Å². The number of hydrogen-bond acceptors (Lipinski definition) is 6. The van der Waals surface area contributed by atoms with Crippen molar-refractivity contribution in [3.05, 3.63) is 69.8 Å². The number of piperidine rings is 2. The second kappa shape index (κ2) is 9.09. The van der Waals surface area contributed by atoms with E-state index in [1.165, 1.54) is 53.7 Å². The monoisotopic (exact) mass is 728 g/mol. The summed E-state index contributed by atoms with van der Waals surface area (Å²) in [5.41, 5.74) is 9.65. The number of hydrogen-bond donors (Lipinski definition) is 0. The number of likely N-dealkylation sites (tertiary alicyclic amines) is 2. The van der Waals surface area contributed by atoms with E-state index in [2.05, 4.69) is 88.0 Å². The van der Waals surface area contributed by atoms with Crippen LogP contribution in [-0.4, -0.2) is 70.8 Å². The SMILES string of the molecule is C.C.CC(=O)C1CC23C=CC1(C)C1Oc4c(C)ccc5c4[C@@]12CC1(C5)[C@H]3N1C.CC(=O)C1CC23CCC1(C)C1Oc4c(C)ccc5c4[C@@]12CC1(C5)[C@H]3N1C. The standard InChI is InChI=1S/C23H27NO2.C23H25NO2.2CH4/c2*1-12-5-6-14-9-22-11-23-16(14)17(12)26-19(23)20(3)7-8-21(23,18(22)24(22)4)10-15(20)13(2)25;;/h5-6,15,18-19H,7-11H2,1-4H3;5-8,15,18-19H,9-11H2,1-4H3;2*1H4/t2*15?,18-,19?,20?,21?,22?,23-,24?;;/m00../s1. The fourth-order valence-corrected chi connectivity index (χ4v) is 18.1. The molecule has 6 nitrogen and oxygen atoms in total. The Labute approximate surface area is 322 Å². The molecule has 6 heteroatoms. The molecule has 2 aromatic rings. The lowest BCUT2D eigenvalue weighted by atomic mass is 9.37. The molecule has 8 bridgehead atoms. The molecule has 6 spiro atoms. The van der Waals surface area contributed by atoms with E-state index in [1.54, 1.807) is 18.1 Å². The van der Waals surface area contributed by atoms with E-state index in [0.717, 1.165) is 31.4 Å². The molecule has 10 aliphatic carbocycles. The summed E-state index contributed by atoms with van der Waals surface area (Å²) < 4.78 is 13.7. The van der Waals surface area contributed by atoms with Crippen molar-refractivity contribution in [2.24, 2.45) is 33.5 Å². The van der Waals surface area contributed by atoms with Crippen molar-refractivity contribution >= 4 is 11.6 Å². The van der Waals surface area contributed by atoms with Crippen LogP contribution in [0.25, 0.3) is 0 Å². The number of aryl methyl sites for hydroxylation is 2. The molecule has 2 saturated heterocycles. The number of nitrogens with zero attached hydrogens (tertiary/aromatic N) is 2. The quantitative estimate of drug-likeness (QED) is 0.232. The zero-order valence-electron chi connectivity index (χ0n) is 32.1. The first-order valence-electron chi connectivity index (χ1n) is 20.4. The second-order valence-corrected chi connectivity index (χ2v) is 21.0. The largest absolute Gasteiger partial charge is 0.488 e. The van der Waals surface area contributed by atoms with Gasteiger partial charge in [-0.1, -0.05) is 65.1 Å². The predicted octanol–water partition coefficient (Wildman–Crippen LogP) is 7.85. The Hall–Kier alpha value is -2.96. The highest BCUT2D eigenvalue weighted by atomic mass is 16.5. The lowest BCUT2D eigenvalue weighted by Gasteiger charge is -2.66. The van der Waals surface area contributed by atoms with Gasteiger partial charge in [-0.2, -0.15) is 0 Å². The lowest BCUT2D eigenvalue weighted by molar-refractivity contribution is -0.187. The summed E-state index contributed by atoms with van der Waals surface area (Å²) >= 11 is 0. The molecular formula is C48H60N2O4. The molecule has 286 valence electrons. The Kier molecular flexibility index (Phi) is 5.78. The van der Waals surface area contributed by atoms with Gasteiger partial charge in [0.25, 0.3) is 0 Å². The van der Waals surface area contributed by atoms with Gasteiger partial charge in [0.2, 0.25) is 0 Å². The average molecular weight is 729 g/mol. The lowest BCUT2D eigenvalue weighted by Crippen LogP contribution is -2.70. The molecule has 0 N–H and O–H groups in total. The highest BCUT2D eigenvalue weighted by Crippen LogP contribution is 2.86. The van der Waals surface area contributed by atoms with Crippen LogP contribution in [0.4, 0.5) is 0 Å². The highest BCUT2D eigenvalue weighted by molar-refractivity contribution is 5.82. The molecule has 2 aromatic carbocycles. The molecule has 12 unspecified atom stereocenters. The summed E-state index contributed by atoms with van der Waals surface area (Å²) in [7, 11) is 4.64. The topological polar surface area (TPSA) is 58.6 Å². The summed E-state index contributed by atoms with van der Waals surface area (Å²) in [6, 6.07) is 10.5. The molecule has 0 amide bonds. The first-order chi connectivity index (χ1) is 24.6. The molecule has 0 aromatic heterocycles. The molecule has 14 aliphatic rings. The maximum absolute atomic E-state index is 12.7. The number of carbonyl (C=O) groups is 2. The molecule has 4 aliphatic heterocycles. The van der Waals surface area contributed by atoms with Gasteiger partial charge in [-0.15, -0.1) is 0 Å². The Bertz CT molecular complexity index is 2220. The van der Waals surface area contributed by atoms with Crippen LogP contribution in [0.2, 0.25) is 0 Å². The number of ether oxygens (including phenoxy) is 2. The molecular weight excluding hydrogens is 669 g/mol. The van der Waals surface area contributed by atoms with E-state index in [9.17, 15) is 9.59 Å². The van der Waals surface area contributed by atoms with Crippen LogP contribution >= 0.6 is 0 Å². The third-order valence-electron chi connectivity index (χ3n) is 19.7. The third kappa shape index (κ3) is 2.86. The summed E-state index contributed by atoms with van der Waals surface area (Å²) in [6.07, 6.45) is 14.5. The maximum Gasteiger partial charge on any atom is 0.133 e. The van der Waals surface area contributed by atoms with E-state index in [1.807, 2.05) is 6.92 Å². The normalized spacial score (nSPS) is 53.6. The van der Waals surface area contributed by atoms with Gasteiger partial charge in [-0.3, -0.25) is 19.4 Å². The maximum atomic E-state index is 12.7. The third-order valence-corrected chi connectivity index (χ3v) is 19.7. The van der Waals surface area contributed by atoms with Gasteiger partial charge in [-0.25, -0.2) is 0 Å². The predicted molar refractivity (Wildman–Crippen MR) is 210 cm³/mol. The van der Waals surface area contributed by atoms with Gasteiger partial charge in [0, 0.05) is 78.6 Å². The van der Waals surface area contributed by atoms with Crippen LogP contribution in [0.5, 0.6) is 11.5 Å². The number of likely N-dealkylation sites (N-methyl/N-ethyl adjacent to an activating group) is 2. The van der Waals surface area contributed by atoms with E-state index in [-0.39, 0.29) is 76.9 Å². The number of benzene rings is 2. The van der Waals surface area contributed by atoms with Crippen LogP contribution in [0.3, 0.4) is 0 Å². The Morgan fingerprint density at radius 2 is 1.26 bits per heavy atom. The van der Waals surface area contributed by atoms with Crippen molar-refractivity contribution in [2.75, 3.05) is 14.1 Å². The van der Waals surface area contributed by atoms with Crippen molar-refractivity contribution in [3.63, 3.8) is 0 Å². The Balaban J connectivity index is 0.000000122. The molecule has 16 rings (SSSR count). The van der Waals surface area contributed by atoms with E-state index in [4.69, 9.17) is 9.47 Å². The van der Waals surface area contributed by atoms with E-state index in [0.29, 0.717) is 29.2 Å². The fourth-order valence-electron chi connectivity index (χ4n) is 18.1. The molecule has 8 fully saturated rings. The van der Waals surface area contributed by atoms with E-state index < -0.39 is 0 Å². The number of rotatable bonds is 2. The van der Waals surface area contributed by atoms with Gasteiger partial charge >= 0.3 is 0 Å². The minimum absolute atomic E-state index is 0. The van der Waals surface area contributed by atoms with E-state index >= 15 is 0 Å². The molecule has 54 heavy (non-hydrogen) atoms. The van der Waals surface area contributed by atoms with Crippen LogP contribution in [-0.2, 0) is 33.3 Å². The number of ketones is 2. The summed E-state index contributed by atoms with van der Waals surface area (Å²) in [5.74, 6) is 3.29. The van der Waals surface area contributed by atoms with Crippen LogP contribution in [0.15, 0.2) is 36.4 Å². The summed E-state index contributed by atoms with van der Waals surface area (Å²) in [6.45, 7) is 12.7. The number of fused-ring (bicyclic) bond motifs is 3. The van der Waals surface area contributed by atoms with Crippen molar-refractivity contribution in [1.29, 1.82) is 0 Å². The number of Topliss-reactive ketones (excluding diaryl/α,β-unsaturated/α-hetero) is 2. The minimum atomic E-state index is -0.190. The molecule has 0 radical (unpaired) electrons. The zero-order chi connectivity index (χ0) is 35.7. The van der Waals surface area contributed by atoms with Gasteiger partial charge in [-0.05, 0) is 115 Å². The van der Waals surface area contributed by atoms with Gasteiger partial charge < -0.3 is 9.47 Å². The molecule has 6 saturated carbocycles. The zero-order valence-corrected chi connectivity index (χ0v) is 32.1. The minimum Gasteiger partial charge on any atom is -0.488 e. The highest BCUT2D eigenvalue weighted by Gasteiger charge is 2.91. The van der Waals surface area contributed by atoms with Crippen molar-refractivity contribution in [3.8, 4) is 11.5 Å². The van der Waals surface area contributed by atoms with Crippen molar-refractivity contribution in [1.82, 2.24) is 9.80 Å². The Morgan fingerprint density at radius 1 is 0.704 bits per heavy atom. The molecule has 16 atom stereocenters. The van der Waals surface area contributed by atoms with Crippen molar-refractivity contribution < 1.29 is 19.1 Å². The average Bonchev–Trinajstić information content (AvgIpc) is 3.53. The van der Waals surface area contributed by atoms with Crippen LogP contribution < -0.4 is 9.47 Å². The second-order valence-electron chi connectivity index (χ2n) is 21.0. The van der Waals surface area contributed by atoms with Crippen LogP contribution in [0, 0.1) is 47.3 Å². The first-order valence-corrected chi connectivity index (χ1v) is 20.4. The van der Waals surface area contributed by atoms with Crippen molar-refractivity contribution in [2.45, 2.75) is 154 Å². The van der Waals surface area contributed by atoms with Crippen LogP contribution in [0.1, 0.15) is 114 Å². The Morgan fingerprint density at radius 3 is 1.89 bits per heavy atom. The van der Waals surface area contributed by atoms with Gasteiger partial charge in [0.1, 0.15) is 35.3 Å². The number of carbonyl (C=O) groups excluding carboxylic acids is 2. The van der Waals surface area contributed by atoms with Gasteiger partial charge in [0.15, 0.2) is 0 Å².